The van der Waals surface area contributed by atoms with E-state index in [-0.39, 0.29) is 30.9 Å². The number of halogens is 1. The van der Waals surface area contributed by atoms with E-state index in [1.165, 1.54) is 0 Å². The van der Waals surface area contributed by atoms with E-state index in [2.05, 4.69) is 12.2 Å². The molecule has 4 rings (SSSR count). The lowest BCUT2D eigenvalue weighted by atomic mass is 9.84. The molecule has 0 spiro atoms. The summed E-state index contributed by atoms with van der Waals surface area (Å²) >= 11 is 6.58. The Bertz CT molecular complexity index is 1150. The highest BCUT2D eigenvalue weighted by Crippen LogP contribution is 2.38. The Kier molecular flexibility index (Phi) is 7.84. The van der Waals surface area contributed by atoms with Crippen molar-refractivity contribution in [2.24, 2.45) is 11.7 Å². The van der Waals surface area contributed by atoms with E-state index in [4.69, 9.17) is 22.6 Å². The number of amides is 2. The Hall–Kier alpha value is -3.12. The molecule has 0 aromatic heterocycles. The van der Waals surface area contributed by atoms with Gasteiger partial charge in [0, 0.05) is 19.6 Å². The summed E-state index contributed by atoms with van der Waals surface area (Å²) in [6.45, 7) is 4.21. The quantitative estimate of drug-likeness (QED) is 0.493. The van der Waals surface area contributed by atoms with Crippen LogP contribution >= 0.6 is 11.6 Å². The van der Waals surface area contributed by atoms with Crippen LogP contribution in [0.25, 0.3) is 11.1 Å². The smallest absolute Gasteiger partial charge is 0.243 e. The minimum Gasteiger partial charge on any atom is -0.385 e. The molecule has 0 radical (unpaired) electrons. The summed E-state index contributed by atoms with van der Waals surface area (Å²) in [5.41, 5.74) is 7.93. The maximum absolute atomic E-state index is 12.7. The van der Waals surface area contributed by atoms with Crippen LogP contribution in [0.15, 0.2) is 42.5 Å². The lowest BCUT2D eigenvalue weighted by Crippen LogP contribution is -2.45. The maximum atomic E-state index is 12.7. The zero-order valence-corrected chi connectivity index (χ0v) is 21.2. The first-order valence-electron chi connectivity index (χ1n) is 12.2. The van der Waals surface area contributed by atoms with Gasteiger partial charge in [-0.3, -0.25) is 14.5 Å². The van der Waals surface area contributed by atoms with Gasteiger partial charge >= 0.3 is 0 Å². The number of likely N-dealkylation sites (tertiary alicyclic amines) is 1. The molecule has 0 saturated carbocycles. The van der Waals surface area contributed by atoms with Gasteiger partial charge < -0.3 is 21.1 Å². The molecule has 0 aliphatic carbocycles. The topological polar surface area (TPSA) is 123 Å². The predicted molar refractivity (Wildman–Crippen MR) is 139 cm³/mol. The van der Waals surface area contributed by atoms with Gasteiger partial charge in [-0.05, 0) is 54.0 Å². The van der Waals surface area contributed by atoms with E-state index >= 15 is 0 Å². The van der Waals surface area contributed by atoms with Crippen LogP contribution in [0.3, 0.4) is 0 Å². The first-order chi connectivity index (χ1) is 17.2. The Labute approximate surface area is 216 Å². The van der Waals surface area contributed by atoms with Gasteiger partial charge in [0.25, 0.3) is 0 Å². The number of anilines is 1. The molecule has 2 atom stereocenters. The van der Waals surface area contributed by atoms with Crippen LogP contribution in [0.1, 0.15) is 31.7 Å². The van der Waals surface area contributed by atoms with Crippen LogP contribution in [-0.4, -0.2) is 60.6 Å². The number of aliphatic hydroxyl groups is 1. The number of benzene rings is 2. The van der Waals surface area contributed by atoms with Crippen molar-refractivity contribution in [1.29, 1.82) is 5.26 Å². The van der Waals surface area contributed by atoms with Crippen LogP contribution in [0, 0.1) is 17.2 Å². The summed E-state index contributed by atoms with van der Waals surface area (Å²) in [6.07, 6.45) is 1.77. The van der Waals surface area contributed by atoms with E-state index in [1.807, 2.05) is 58.3 Å². The lowest BCUT2D eigenvalue weighted by Gasteiger charge is -2.38. The van der Waals surface area contributed by atoms with Gasteiger partial charge in [0.15, 0.2) is 0 Å². The number of nitrogens with one attached hydrogen (secondary N) is 1. The van der Waals surface area contributed by atoms with E-state index in [9.17, 15) is 14.7 Å². The average molecular weight is 510 g/mol. The molecule has 36 heavy (non-hydrogen) atoms. The largest absolute Gasteiger partial charge is 0.385 e. The number of nitrogens with two attached hydrogens (primary N) is 1. The number of piperidine rings is 1. The van der Waals surface area contributed by atoms with Crippen LogP contribution in [0.2, 0.25) is 5.02 Å². The van der Waals surface area contributed by atoms with Gasteiger partial charge in [0.05, 0.1) is 28.9 Å². The van der Waals surface area contributed by atoms with Gasteiger partial charge in [-0.2, -0.15) is 5.26 Å². The fourth-order valence-electron chi connectivity index (χ4n) is 5.28. The molecule has 2 aliphatic heterocycles. The molecular weight excluding hydrogens is 478 g/mol. The van der Waals surface area contributed by atoms with Gasteiger partial charge in [-0.1, -0.05) is 48.9 Å². The Morgan fingerprint density at radius 3 is 2.50 bits per heavy atom. The van der Waals surface area contributed by atoms with Crippen molar-refractivity contribution in [2.75, 3.05) is 37.6 Å². The molecular formula is C27H32ClN5O3. The van der Waals surface area contributed by atoms with Crippen molar-refractivity contribution < 1.29 is 14.7 Å². The summed E-state index contributed by atoms with van der Waals surface area (Å²) in [5, 5.41) is 23.3. The van der Waals surface area contributed by atoms with Gasteiger partial charge in [0.2, 0.25) is 11.8 Å². The highest BCUT2D eigenvalue weighted by atomic mass is 35.5. The zero-order chi connectivity index (χ0) is 25.9. The monoisotopic (exact) mass is 509 g/mol. The summed E-state index contributed by atoms with van der Waals surface area (Å²) in [7, 11) is 0. The van der Waals surface area contributed by atoms with Crippen molar-refractivity contribution in [1.82, 2.24) is 10.2 Å². The zero-order valence-electron chi connectivity index (χ0n) is 20.4. The molecule has 190 valence electrons. The Morgan fingerprint density at radius 2 is 1.86 bits per heavy atom. The van der Waals surface area contributed by atoms with E-state index in [1.54, 1.807) is 0 Å². The van der Waals surface area contributed by atoms with Crippen molar-refractivity contribution in [3.8, 4) is 17.2 Å². The second-order valence-electron chi connectivity index (χ2n) is 9.90. The molecule has 4 N–H and O–H groups in total. The number of nitriles is 1. The van der Waals surface area contributed by atoms with Crippen LogP contribution in [0.4, 0.5) is 5.69 Å². The summed E-state index contributed by atoms with van der Waals surface area (Å²) in [5.74, 6) is -0.205. The number of nitrogens with zero attached hydrogens (tertiary/aromatic N) is 3. The molecule has 2 heterocycles. The molecule has 9 heteroatoms. The molecule has 2 saturated heterocycles. The van der Waals surface area contributed by atoms with Crippen molar-refractivity contribution in [3.63, 3.8) is 0 Å². The third-order valence-electron chi connectivity index (χ3n) is 7.23. The van der Waals surface area contributed by atoms with E-state index in [0.29, 0.717) is 49.8 Å². The van der Waals surface area contributed by atoms with Crippen molar-refractivity contribution >= 4 is 29.1 Å². The molecule has 2 amide bonds. The number of hydrogen-bond acceptors (Lipinski definition) is 6. The molecule has 2 aromatic rings. The first-order valence-corrected chi connectivity index (χ1v) is 12.6. The number of carbonyl (C=O) groups excluding carboxylic acids is 2. The third-order valence-corrected chi connectivity index (χ3v) is 7.55. The summed E-state index contributed by atoms with van der Waals surface area (Å²) in [6, 6.07) is 15.2. The number of rotatable bonds is 7. The molecule has 8 nitrogen and oxygen atoms in total. The fraction of sp³-hybridized carbons (Fsp3) is 0.444. The molecule has 2 aromatic carbocycles. The van der Waals surface area contributed by atoms with Gasteiger partial charge in [0.1, 0.15) is 12.6 Å². The second-order valence-corrected chi connectivity index (χ2v) is 10.3. The lowest BCUT2D eigenvalue weighted by molar-refractivity contribution is -0.122. The van der Waals surface area contributed by atoms with E-state index < -0.39 is 5.60 Å². The minimum atomic E-state index is -0.937. The Balaban J connectivity index is 1.52. The normalized spacial score (nSPS) is 21.7. The molecule has 0 bridgehead atoms. The number of carbonyl (C=O) groups is 2. The van der Waals surface area contributed by atoms with Crippen molar-refractivity contribution in [2.45, 2.75) is 37.8 Å². The van der Waals surface area contributed by atoms with E-state index in [0.717, 1.165) is 22.4 Å². The second kappa shape index (κ2) is 10.9. The van der Waals surface area contributed by atoms with Crippen LogP contribution in [-0.2, 0) is 15.2 Å². The average Bonchev–Trinajstić information content (AvgIpc) is 3.25. The van der Waals surface area contributed by atoms with Gasteiger partial charge in [-0.15, -0.1) is 0 Å². The fourth-order valence-corrected chi connectivity index (χ4v) is 5.51. The first kappa shape index (κ1) is 26.0. The van der Waals surface area contributed by atoms with Crippen LogP contribution in [0.5, 0.6) is 0 Å². The molecule has 0 unspecified atom stereocenters. The highest BCUT2D eigenvalue weighted by Gasteiger charge is 2.36. The predicted octanol–water partition coefficient (Wildman–Crippen LogP) is 2.63. The minimum absolute atomic E-state index is 0.0206. The number of hydrogen-bond donors (Lipinski definition) is 3. The summed E-state index contributed by atoms with van der Waals surface area (Å²) < 4.78 is 0. The SMILES string of the molecule is C[C@H]1C[C@@H](C(=O)NCC#N)N(c2cc(-c3ccc(C4(O)CCN(CC(N)=O)CC4)cc3)ccc2Cl)C1. The molecule has 2 aliphatic rings. The summed E-state index contributed by atoms with van der Waals surface area (Å²) in [4.78, 5) is 27.9. The van der Waals surface area contributed by atoms with Gasteiger partial charge in [-0.25, -0.2) is 0 Å². The molecule has 2 fully saturated rings. The standard InChI is InChI=1S/C27H32ClN5O3/c1-18-14-24(26(35)31-11-10-29)33(16-18)23-15-20(4-7-22(23)28)19-2-5-21(6-3-19)27(36)8-12-32(13-9-27)17-25(30)34/h2-7,15,18,24,36H,8-9,11-14,16-17H2,1H3,(H2,30,34)(H,31,35)/t18-,24-/m0/s1. The van der Waals surface area contributed by atoms with Crippen molar-refractivity contribution in [3.05, 3.63) is 53.1 Å². The maximum Gasteiger partial charge on any atom is 0.243 e. The highest BCUT2D eigenvalue weighted by molar-refractivity contribution is 6.33. The third kappa shape index (κ3) is 5.65. The Morgan fingerprint density at radius 1 is 1.19 bits per heavy atom. The van der Waals surface area contributed by atoms with Crippen LogP contribution < -0.4 is 16.0 Å². The number of primary amides is 1.